The van der Waals surface area contributed by atoms with E-state index in [2.05, 4.69) is 10.6 Å². The summed E-state index contributed by atoms with van der Waals surface area (Å²) in [6.45, 7) is 0. The molecule has 0 fully saturated rings. The molecule has 2 rings (SSSR count). The maximum Gasteiger partial charge on any atom is 0.175 e. The van der Waals surface area contributed by atoms with Gasteiger partial charge in [-0.15, -0.1) is 0 Å². The molecule has 0 saturated carbocycles. The number of ether oxygens (including phenoxy) is 1. The minimum Gasteiger partial charge on any atom is -0.494 e. The van der Waals surface area contributed by atoms with Gasteiger partial charge < -0.3 is 15.4 Å². The first kappa shape index (κ1) is 14.2. The standard InChI is InChI=1S/C14H12F2N2OS/c1-19-13-7-6-9(8-11(13)16)17-14(20)18-12-5-3-2-4-10(12)15/h2-8H,1H3,(H2,17,18,20). The minimum atomic E-state index is -0.508. The number of halogens is 2. The molecule has 0 amide bonds. The summed E-state index contributed by atoms with van der Waals surface area (Å²) in [4.78, 5) is 0. The molecule has 2 N–H and O–H groups in total. The quantitative estimate of drug-likeness (QED) is 0.844. The van der Waals surface area contributed by atoms with Gasteiger partial charge in [-0.1, -0.05) is 12.1 Å². The Balaban J connectivity index is 2.05. The number of thiocarbonyl (C=S) groups is 1. The zero-order chi connectivity index (χ0) is 14.5. The SMILES string of the molecule is COc1ccc(NC(=S)Nc2ccccc2F)cc1F. The summed E-state index contributed by atoms with van der Waals surface area (Å²) in [6.07, 6.45) is 0. The van der Waals surface area contributed by atoms with Crippen molar-refractivity contribution in [3.63, 3.8) is 0 Å². The molecule has 6 heteroatoms. The van der Waals surface area contributed by atoms with Crippen molar-refractivity contribution in [2.75, 3.05) is 17.7 Å². The first-order valence-electron chi connectivity index (χ1n) is 5.76. The van der Waals surface area contributed by atoms with Gasteiger partial charge in [-0.2, -0.15) is 0 Å². The molecule has 0 aliphatic carbocycles. The third-order valence-corrected chi connectivity index (χ3v) is 2.74. The van der Waals surface area contributed by atoms with Crippen LogP contribution in [0.1, 0.15) is 0 Å². The molecular weight excluding hydrogens is 282 g/mol. The molecule has 0 aliphatic heterocycles. The van der Waals surface area contributed by atoms with Crippen LogP contribution in [0.4, 0.5) is 20.2 Å². The molecule has 0 heterocycles. The molecule has 0 atom stereocenters. The van der Waals surface area contributed by atoms with Crippen LogP contribution in [0.2, 0.25) is 0 Å². The van der Waals surface area contributed by atoms with Gasteiger partial charge in [-0.05, 0) is 36.5 Å². The Morgan fingerprint density at radius 2 is 1.80 bits per heavy atom. The van der Waals surface area contributed by atoms with E-state index in [0.29, 0.717) is 5.69 Å². The first-order valence-corrected chi connectivity index (χ1v) is 6.17. The van der Waals surface area contributed by atoms with Crippen LogP contribution in [0.5, 0.6) is 5.75 Å². The van der Waals surface area contributed by atoms with Crippen molar-refractivity contribution in [3.05, 3.63) is 54.1 Å². The predicted octanol–water partition coefficient (Wildman–Crippen LogP) is 3.78. The van der Waals surface area contributed by atoms with E-state index in [0.717, 1.165) is 0 Å². The van der Waals surface area contributed by atoms with E-state index >= 15 is 0 Å². The minimum absolute atomic E-state index is 0.142. The maximum absolute atomic E-state index is 13.5. The van der Waals surface area contributed by atoms with Crippen LogP contribution in [0, 0.1) is 11.6 Å². The molecule has 0 radical (unpaired) electrons. The lowest BCUT2D eigenvalue weighted by Crippen LogP contribution is -2.19. The maximum atomic E-state index is 13.5. The summed E-state index contributed by atoms with van der Waals surface area (Å²) in [6, 6.07) is 10.5. The van der Waals surface area contributed by atoms with Crippen molar-refractivity contribution in [2.45, 2.75) is 0 Å². The number of rotatable bonds is 3. The van der Waals surface area contributed by atoms with Gasteiger partial charge in [0.1, 0.15) is 5.82 Å². The Bertz CT molecular complexity index is 634. The average molecular weight is 294 g/mol. The molecule has 0 spiro atoms. The Hall–Kier alpha value is -2.21. The zero-order valence-electron chi connectivity index (χ0n) is 10.6. The van der Waals surface area contributed by atoms with Gasteiger partial charge in [0.15, 0.2) is 16.7 Å². The van der Waals surface area contributed by atoms with Crippen molar-refractivity contribution in [1.29, 1.82) is 0 Å². The van der Waals surface area contributed by atoms with Crippen molar-refractivity contribution < 1.29 is 13.5 Å². The van der Waals surface area contributed by atoms with E-state index in [-0.39, 0.29) is 16.5 Å². The molecular formula is C14H12F2N2OS. The summed E-state index contributed by atoms with van der Waals surface area (Å²) >= 11 is 5.04. The number of hydrogen-bond acceptors (Lipinski definition) is 2. The Labute approximate surface area is 120 Å². The van der Waals surface area contributed by atoms with Gasteiger partial charge >= 0.3 is 0 Å². The van der Waals surface area contributed by atoms with Gasteiger partial charge in [-0.25, -0.2) is 8.78 Å². The molecule has 0 unspecified atom stereocenters. The smallest absolute Gasteiger partial charge is 0.175 e. The highest BCUT2D eigenvalue weighted by molar-refractivity contribution is 7.80. The second-order valence-corrected chi connectivity index (χ2v) is 4.32. The van der Waals surface area contributed by atoms with E-state index in [9.17, 15) is 8.78 Å². The van der Waals surface area contributed by atoms with Crippen LogP contribution in [0.15, 0.2) is 42.5 Å². The number of hydrogen-bond donors (Lipinski definition) is 2. The highest BCUT2D eigenvalue weighted by Crippen LogP contribution is 2.21. The predicted molar refractivity (Wildman–Crippen MR) is 79.2 cm³/mol. The van der Waals surface area contributed by atoms with Gasteiger partial charge in [0.05, 0.1) is 12.8 Å². The van der Waals surface area contributed by atoms with Crippen LogP contribution in [0.25, 0.3) is 0 Å². The highest BCUT2D eigenvalue weighted by atomic mass is 32.1. The summed E-state index contributed by atoms with van der Waals surface area (Å²) in [5.41, 5.74) is 0.691. The van der Waals surface area contributed by atoms with E-state index in [1.807, 2.05) is 0 Å². The lowest BCUT2D eigenvalue weighted by Gasteiger charge is -2.11. The van der Waals surface area contributed by atoms with Crippen LogP contribution < -0.4 is 15.4 Å². The third-order valence-electron chi connectivity index (χ3n) is 2.53. The van der Waals surface area contributed by atoms with Gasteiger partial charge in [0, 0.05) is 11.8 Å². The monoisotopic (exact) mass is 294 g/mol. The van der Waals surface area contributed by atoms with Crippen molar-refractivity contribution in [2.24, 2.45) is 0 Å². The summed E-state index contributed by atoms with van der Waals surface area (Å²) in [7, 11) is 1.38. The summed E-state index contributed by atoms with van der Waals surface area (Å²) in [5.74, 6) is -0.785. The summed E-state index contributed by atoms with van der Waals surface area (Å²) in [5, 5.41) is 5.63. The zero-order valence-corrected chi connectivity index (χ0v) is 11.4. The van der Waals surface area contributed by atoms with Gasteiger partial charge in [0.25, 0.3) is 0 Å². The molecule has 3 nitrogen and oxygen atoms in total. The number of anilines is 2. The number of methoxy groups -OCH3 is 1. The molecule has 104 valence electrons. The number of nitrogens with one attached hydrogen (secondary N) is 2. The van der Waals surface area contributed by atoms with Gasteiger partial charge in [0.2, 0.25) is 0 Å². The molecule has 0 aliphatic rings. The van der Waals surface area contributed by atoms with E-state index in [4.69, 9.17) is 17.0 Å². The molecule has 20 heavy (non-hydrogen) atoms. The Morgan fingerprint density at radius 1 is 1.05 bits per heavy atom. The molecule has 0 aromatic heterocycles. The van der Waals surface area contributed by atoms with Crippen molar-refractivity contribution in [3.8, 4) is 5.75 Å². The average Bonchev–Trinajstić information content (AvgIpc) is 2.41. The number of para-hydroxylation sites is 1. The topological polar surface area (TPSA) is 33.3 Å². The van der Waals surface area contributed by atoms with E-state index in [1.165, 1.54) is 25.3 Å². The van der Waals surface area contributed by atoms with E-state index in [1.54, 1.807) is 24.3 Å². The fourth-order valence-electron chi connectivity index (χ4n) is 1.59. The fraction of sp³-hybridized carbons (Fsp3) is 0.0714. The van der Waals surface area contributed by atoms with Crippen molar-refractivity contribution >= 4 is 28.7 Å². The third kappa shape index (κ3) is 3.42. The highest BCUT2D eigenvalue weighted by Gasteiger charge is 2.06. The molecule has 0 bridgehead atoms. The lowest BCUT2D eigenvalue weighted by atomic mass is 10.3. The van der Waals surface area contributed by atoms with Crippen LogP contribution in [-0.2, 0) is 0 Å². The largest absolute Gasteiger partial charge is 0.494 e. The molecule has 0 saturated heterocycles. The van der Waals surface area contributed by atoms with Crippen molar-refractivity contribution in [1.82, 2.24) is 0 Å². The lowest BCUT2D eigenvalue weighted by molar-refractivity contribution is 0.387. The second-order valence-electron chi connectivity index (χ2n) is 3.91. The number of benzene rings is 2. The fourth-order valence-corrected chi connectivity index (χ4v) is 1.82. The Morgan fingerprint density at radius 3 is 2.45 bits per heavy atom. The molecule has 2 aromatic carbocycles. The van der Waals surface area contributed by atoms with Crippen LogP contribution in [-0.4, -0.2) is 12.2 Å². The first-order chi connectivity index (χ1) is 9.60. The summed E-state index contributed by atoms with van der Waals surface area (Å²) < 4.78 is 31.7. The van der Waals surface area contributed by atoms with Gasteiger partial charge in [-0.3, -0.25) is 0 Å². The normalized spacial score (nSPS) is 9.95. The second kappa shape index (κ2) is 6.29. The molecule has 2 aromatic rings. The van der Waals surface area contributed by atoms with Crippen LogP contribution >= 0.6 is 12.2 Å². The van der Waals surface area contributed by atoms with Crippen LogP contribution in [0.3, 0.4) is 0 Å². The van der Waals surface area contributed by atoms with E-state index < -0.39 is 11.6 Å². The Kier molecular flexibility index (Phi) is 4.47.